The highest BCUT2D eigenvalue weighted by atomic mass is 35.5. The number of aromatic nitrogens is 2. The molecular formula is C76H105ClN8O6S. The number of benzene rings is 7. The molecule has 0 aliphatic carbocycles. The molecule has 8 rings (SSSR count). The van der Waals surface area contributed by atoms with Crippen LogP contribution in [-0.4, -0.2) is 46.2 Å². The zero-order valence-corrected chi connectivity index (χ0v) is 54.9. The fraction of sp³-hybridized carbons (Fsp3) is 0.355. The van der Waals surface area contributed by atoms with Crippen LogP contribution in [0.5, 0.6) is 0 Å². The molecule has 3 amide bonds. The van der Waals surface area contributed by atoms with E-state index in [1.54, 1.807) is 59.9 Å². The summed E-state index contributed by atoms with van der Waals surface area (Å²) in [7, 11) is 1.38. The first kappa shape index (κ1) is 83.8. The van der Waals surface area contributed by atoms with Crippen LogP contribution in [0.2, 0.25) is 0 Å². The fourth-order valence-electron chi connectivity index (χ4n) is 8.58. The molecule has 92 heavy (non-hydrogen) atoms. The number of unbranched alkanes of at least 4 members (excludes halogenated alkanes) is 8. The van der Waals surface area contributed by atoms with E-state index in [1.807, 2.05) is 86.6 Å². The summed E-state index contributed by atoms with van der Waals surface area (Å²) in [6.45, 7) is 14.8. The quantitative estimate of drug-likeness (QED) is 0.00880. The van der Waals surface area contributed by atoms with Gasteiger partial charge in [0.05, 0.1) is 12.7 Å². The molecule has 0 atom stereocenters. The number of esters is 1. The summed E-state index contributed by atoms with van der Waals surface area (Å²) >= 11 is 6.99. The predicted octanol–water partition coefficient (Wildman–Crippen LogP) is 18.0. The second-order valence-corrected chi connectivity index (χ2v) is 22.6. The fourth-order valence-corrected chi connectivity index (χ4v) is 9.57. The number of halogens is 1. The number of hydrazine groups is 3. The third-order valence-electron chi connectivity index (χ3n) is 14.0. The zero-order valence-electron chi connectivity index (χ0n) is 53.3. The van der Waals surface area contributed by atoms with E-state index in [0.717, 1.165) is 58.0 Å². The van der Waals surface area contributed by atoms with Crippen LogP contribution in [0.4, 0.5) is 0 Å². The van der Waals surface area contributed by atoms with E-state index in [1.165, 1.54) is 112 Å². The number of nitrogens with zero attached hydrogens (tertiary/aromatic N) is 2. The first-order chi connectivity index (χ1) is 43.1. The summed E-state index contributed by atoms with van der Waals surface area (Å²) in [6.07, 6.45) is 19.2. The van der Waals surface area contributed by atoms with Gasteiger partial charge in [0.2, 0.25) is 0 Å². The summed E-state index contributed by atoms with van der Waals surface area (Å²) in [5, 5.41) is 10.3. The molecule has 0 aliphatic heterocycles. The van der Waals surface area contributed by atoms with Gasteiger partial charge in [0.25, 0.3) is 23.0 Å². The Labute approximate surface area is 559 Å². The van der Waals surface area contributed by atoms with Crippen LogP contribution in [0.1, 0.15) is 218 Å². The molecular weight excluding hydrogens is 1190 g/mol. The summed E-state index contributed by atoms with van der Waals surface area (Å²) < 4.78 is 4.54. The number of nitrogens with two attached hydrogens (primary N) is 3. The third kappa shape index (κ3) is 32.7. The number of ether oxygens (including phenoxy) is 1. The van der Waals surface area contributed by atoms with Crippen LogP contribution >= 0.6 is 22.9 Å². The number of amides is 3. The number of rotatable bonds is 23. The van der Waals surface area contributed by atoms with Gasteiger partial charge in [-0.25, -0.2) is 10.6 Å². The average molecular weight is 1290 g/mol. The average Bonchev–Trinajstić information content (AvgIpc) is 2.00. The summed E-state index contributed by atoms with van der Waals surface area (Å²) in [6, 6.07) is 54.3. The summed E-state index contributed by atoms with van der Waals surface area (Å²) in [5.41, 5.74) is 20.8. The zero-order chi connectivity index (χ0) is 65.2. The van der Waals surface area contributed by atoms with Gasteiger partial charge in [-0.2, -0.15) is 0 Å². The Balaban J connectivity index is 0.00000114. The van der Waals surface area contributed by atoms with Gasteiger partial charge in [0.1, 0.15) is 10.0 Å². The summed E-state index contributed by atoms with van der Waals surface area (Å²) in [4.78, 5) is 56.9. The number of carbonyl (C=O) groups excluding carboxylic acids is 5. The molecule has 8 aromatic rings. The molecule has 0 bridgehead atoms. The molecule has 0 unspecified atom stereocenters. The first-order valence-electron chi connectivity index (χ1n) is 30.7. The van der Waals surface area contributed by atoms with Crippen LogP contribution in [-0.2, 0) is 30.4 Å². The van der Waals surface area contributed by atoms with Crippen molar-refractivity contribution in [1.29, 1.82) is 0 Å². The molecule has 9 N–H and O–H groups in total. The molecule has 0 saturated carbocycles. The van der Waals surface area contributed by atoms with Crippen molar-refractivity contribution in [1.82, 2.24) is 26.5 Å². The van der Waals surface area contributed by atoms with Crippen molar-refractivity contribution in [3.05, 3.63) is 237 Å². The molecule has 7 aromatic carbocycles. The number of nitrogen functional groups attached to an aromatic ring is 1. The van der Waals surface area contributed by atoms with Gasteiger partial charge >= 0.3 is 5.97 Å². The van der Waals surface area contributed by atoms with E-state index in [9.17, 15) is 24.0 Å². The Kier molecular flexibility index (Phi) is 45.1. The number of nitrogens with one attached hydrogen (secondary N) is 3. The van der Waals surface area contributed by atoms with Crippen LogP contribution in [0.3, 0.4) is 0 Å². The number of aryl methyl sites for hydroxylation is 7. The first-order valence-corrected chi connectivity index (χ1v) is 31.9. The minimum atomic E-state index is -0.384. The standard InChI is InChI=1S/C20H24N2O2.C20H22N2S.C12H15ClO.C12H18N2O.C9H10O2.3CH4.H4N2/c1-3-4-5-6-16-9-13-18(14-10-16)20(24)22-21-19(23)17-11-7-15(2)8-12-17;1-3-4-5-6-16-9-13-18(14-10-16)20-22-21-19(23-20)17-11-7-15(2)8-12-17;1-2-3-4-5-10-6-8-11(9-7-10)12(13)14;1-2-3-4-5-10-6-8-11(9-7-10)12(15)14-13;1-7-3-5-8(6-4-7)9(10)11-2;;;;1-2/h7-14H,3-6H2,1-2H3,(H,21,23)(H,22,24);7-14H,3-6H2,1-2H3;6-9H,2-5H2,1H3;6-9H,2-5,13H2,1H3,(H,14,15);3-6H,1-2H3;3*1H4;1-2H2. The molecule has 0 saturated heterocycles. The van der Waals surface area contributed by atoms with Crippen LogP contribution in [0.25, 0.3) is 21.1 Å². The lowest BCUT2D eigenvalue weighted by Gasteiger charge is -2.08. The van der Waals surface area contributed by atoms with E-state index < -0.39 is 0 Å². The minimum Gasteiger partial charge on any atom is -0.465 e. The molecule has 0 radical (unpaired) electrons. The van der Waals surface area contributed by atoms with E-state index >= 15 is 0 Å². The molecule has 1 aromatic heterocycles. The SMILES string of the molecule is C.C.C.CCCCCc1ccc(-c2nnc(-c3ccc(C)cc3)s2)cc1.CCCCCc1ccc(C(=O)Cl)cc1.CCCCCc1ccc(C(=O)NN)cc1.CCCCCc1ccc(C(=O)NNC(=O)c2ccc(C)cc2)cc1.COC(=O)c1ccc(C)cc1.NN. The Hall–Kier alpha value is -8.18. The highest BCUT2D eigenvalue weighted by Gasteiger charge is 2.11. The third-order valence-corrected chi connectivity index (χ3v) is 15.3. The van der Waals surface area contributed by atoms with Crippen molar-refractivity contribution in [2.75, 3.05) is 7.11 Å². The number of carbonyl (C=O) groups is 5. The number of methoxy groups -OCH3 is 1. The van der Waals surface area contributed by atoms with Crippen LogP contribution in [0, 0.1) is 20.8 Å². The van der Waals surface area contributed by atoms with Gasteiger partial charge < -0.3 is 4.74 Å². The largest absolute Gasteiger partial charge is 0.465 e. The maximum Gasteiger partial charge on any atom is 0.337 e. The monoisotopic (exact) mass is 1290 g/mol. The van der Waals surface area contributed by atoms with Crippen molar-refractivity contribution in [2.45, 2.75) is 173 Å². The molecule has 0 spiro atoms. The Morgan fingerprint density at radius 2 is 0.663 bits per heavy atom. The maximum absolute atomic E-state index is 12.1. The second-order valence-electron chi connectivity index (χ2n) is 21.3. The van der Waals surface area contributed by atoms with E-state index in [-0.39, 0.29) is 51.2 Å². The smallest absolute Gasteiger partial charge is 0.337 e. The van der Waals surface area contributed by atoms with Crippen molar-refractivity contribution < 1.29 is 28.7 Å². The van der Waals surface area contributed by atoms with E-state index in [0.29, 0.717) is 27.8 Å². The predicted molar refractivity (Wildman–Crippen MR) is 387 cm³/mol. The van der Waals surface area contributed by atoms with Gasteiger partial charge in [-0.05, 0) is 167 Å². The van der Waals surface area contributed by atoms with Gasteiger partial charge in [-0.3, -0.25) is 47.1 Å². The molecule has 498 valence electrons. The van der Waals surface area contributed by atoms with Gasteiger partial charge in [-0.15, -0.1) is 10.2 Å². The maximum atomic E-state index is 12.1. The Morgan fingerprint density at radius 1 is 0.402 bits per heavy atom. The molecule has 14 nitrogen and oxygen atoms in total. The number of hydrogen-bond donors (Lipinski definition) is 6. The minimum absolute atomic E-state index is 0. The van der Waals surface area contributed by atoms with Crippen molar-refractivity contribution in [3.63, 3.8) is 0 Å². The lowest BCUT2D eigenvalue weighted by Crippen LogP contribution is -2.41. The van der Waals surface area contributed by atoms with Crippen LogP contribution in [0.15, 0.2) is 170 Å². The number of hydrogen-bond acceptors (Lipinski definition) is 12. The molecule has 1 heterocycles. The Morgan fingerprint density at radius 3 is 0.957 bits per heavy atom. The highest BCUT2D eigenvalue weighted by Crippen LogP contribution is 2.30. The molecule has 0 fully saturated rings. The van der Waals surface area contributed by atoms with Crippen LogP contribution < -0.4 is 33.8 Å². The highest BCUT2D eigenvalue weighted by molar-refractivity contribution is 7.17. The van der Waals surface area contributed by atoms with Crippen molar-refractivity contribution in [3.8, 4) is 21.1 Å². The van der Waals surface area contributed by atoms with Gasteiger partial charge in [0, 0.05) is 33.4 Å². The normalized spacial score (nSPS) is 9.74. The Bertz CT molecular complexity index is 3270. The second kappa shape index (κ2) is 49.5. The van der Waals surface area contributed by atoms with E-state index in [2.05, 4.69) is 126 Å². The summed E-state index contributed by atoms with van der Waals surface area (Å²) in [5.74, 6) is 11.9. The van der Waals surface area contributed by atoms with Crippen molar-refractivity contribution in [2.24, 2.45) is 17.5 Å². The molecule has 0 aliphatic rings. The topological polar surface area (TPSA) is 235 Å². The lowest BCUT2D eigenvalue weighted by atomic mass is 10.1. The van der Waals surface area contributed by atoms with Gasteiger partial charge in [0.15, 0.2) is 0 Å². The molecule has 16 heteroatoms. The van der Waals surface area contributed by atoms with Crippen molar-refractivity contribution >= 4 is 51.9 Å². The van der Waals surface area contributed by atoms with E-state index in [4.69, 9.17) is 17.4 Å². The lowest BCUT2D eigenvalue weighted by molar-refractivity contribution is 0.0600. The van der Waals surface area contributed by atoms with Gasteiger partial charge in [-0.1, -0.05) is 239 Å².